The molecule has 316 valence electrons. The lowest BCUT2D eigenvalue weighted by molar-refractivity contribution is -0.137. The number of ether oxygens (including phenoxy) is 2. The SMILES string of the molecule is COC(=O)N[C@H](C(=O)N1[C@@H](C)CC[C@H]1C1=NC=C(c2ccc3cc(-c4ccc(-c5cnc([C@@H]6CC[C@H](C)N6C(=O)[C@@H](NC(=O)OC)C(C)C)[nH]5)cc4)ccc3c2)C1)C(C)C. The Morgan fingerprint density at radius 2 is 1.18 bits per heavy atom. The Labute approximate surface area is 352 Å². The van der Waals surface area contributed by atoms with E-state index in [1.807, 2.05) is 56.8 Å². The lowest BCUT2D eigenvalue weighted by atomic mass is 9.94. The summed E-state index contributed by atoms with van der Waals surface area (Å²) in [6.07, 6.45) is 6.50. The van der Waals surface area contributed by atoms with Gasteiger partial charge in [0.15, 0.2) is 0 Å². The van der Waals surface area contributed by atoms with Crippen LogP contribution in [-0.2, 0) is 19.1 Å². The molecule has 7 rings (SSSR count). The summed E-state index contributed by atoms with van der Waals surface area (Å²) in [7, 11) is 2.60. The van der Waals surface area contributed by atoms with Gasteiger partial charge in [-0.2, -0.15) is 0 Å². The molecule has 0 saturated carbocycles. The molecule has 4 amide bonds. The minimum atomic E-state index is -0.701. The van der Waals surface area contributed by atoms with Crippen LogP contribution in [0.3, 0.4) is 0 Å². The molecule has 60 heavy (non-hydrogen) atoms. The van der Waals surface area contributed by atoms with Crippen LogP contribution in [0.5, 0.6) is 0 Å². The molecule has 3 aliphatic rings. The standard InChI is InChI=1S/C47H57N7O6/c1-26(2)41(51-46(57)59-7)44(55)53-28(5)9-19-39(53)37-23-36(24-48-37)35-18-17-33-21-32(15-16-34(33)22-35)30-11-13-31(14-12-30)38-25-49-43(50-38)40-20-10-29(6)54(40)45(56)42(27(3)4)52-47(58)60-8/h11-18,21-22,24-29,39-42H,9-10,19-20,23H2,1-8H3,(H,49,50)(H,51,57)(H,52,58)/t28-,29-,39-,40-,41-,42-/m0/s1. The third-order valence-electron chi connectivity index (χ3n) is 12.4. The molecule has 3 aliphatic heterocycles. The molecule has 4 heterocycles. The molecule has 13 nitrogen and oxygen atoms in total. The second-order valence-corrected chi connectivity index (χ2v) is 17.1. The Morgan fingerprint density at radius 1 is 0.683 bits per heavy atom. The highest BCUT2D eigenvalue weighted by Crippen LogP contribution is 2.38. The van der Waals surface area contributed by atoms with E-state index in [0.717, 1.165) is 81.5 Å². The van der Waals surface area contributed by atoms with E-state index in [4.69, 9.17) is 19.5 Å². The fourth-order valence-electron chi connectivity index (χ4n) is 8.97. The Bertz CT molecular complexity index is 2310. The molecule has 4 aromatic rings. The van der Waals surface area contributed by atoms with Crippen LogP contribution in [0.1, 0.15) is 91.1 Å². The molecule has 0 spiro atoms. The van der Waals surface area contributed by atoms with Gasteiger partial charge in [0.1, 0.15) is 17.9 Å². The number of aromatic amines is 1. The molecular formula is C47H57N7O6. The molecule has 2 fully saturated rings. The Morgan fingerprint density at radius 3 is 1.75 bits per heavy atom. The molecule has 1 aromatic heterocycles. The Balaban J connectivity index is 1.01. The van der Waals surface area contributed by atoms with E-state index in [1.165, 1.54) is 14.2 Å². The van der Waals surface area contributed by atoms with Gasteiger partial charge in [0.25, 0.3) is 0 Å². The Hall–Kier alpha value is -5.98. The molecule has 2 saturated heterocycles. The summed E-state index contributed by atoms with van der Waals surface area (Å²) in [5.41, 5.74) is 7.25. The van der Waals surface area contributed by atoms with Crippen LogP contribution in [-0.4, -0.2) is 93.9 Å². The van der Waals surface area contributed by atoms with Gasteiger partial charge in [-0.1, -0.05) is 76.2 Å². The van der Waals surface area contributed by atoms with Crippen LogP contribution in [0.15, 0.2) is 78.1 Å². The first-order valence-corrected chi connectivity index (χ1v) is 21.1. The Kier molecular flexibility index (Phi) is 12.4. The van der Waals surface area contributed by atoms with Crippen LogP contribution in [0.2, 0.25) is 0 Å². The topological polar surface area (TPSA) is 158 Å². The number of rotatable bonds is 11. The molecular weight excluding hydrogens is 759 g/mol. The van der Waals surface area contributed by atoms with E-state index in [1.54, 1.807) is 0 Å². The second kappa shape index (κ2) is 17.7. The fraction of sp³-hybridized carbons (Fsp3) is 0.447. The average molecular weight is 816 g/mol. The van der Waals surface area contributed by atoms with Gasteiger partial charge in [0, 0.05) is 30.4 Å². The summed E-state index contributed by atoms with van der Waals surface area (Å²) in [4.78, 5) is 68.6. The van der Waals surface area contributed by atoms with Crippen LogP contribution < -0.4 is 10.6 Å². The predicted molar refractivity (Wildman–Crippen MR) is 233 cm³/mol. The number of hydrogen-bond acceptors (Lipinski definition) is 8. The van der Waals surface area contributed by atoms with Gasteiger partial charge in [-0.3, -0.25) is 14.6 Å². The number of carbonyl (C=O) groups is 4. The summed E-state index contributed by atoms with van der Waals surface area (Å²) in [6.45, 7) is 11.8. The molecule has 0 radical (unpaired) electrons. The number of imidazole rings is 1. The van der Waals surface area contributed by atoms with Gasteiger partial charge in [-0.15, -0.1) is 0 Å². The zero-order chi connectivity index (χ0) is 42.8. The van der Waals surface area contributed by atoms with Gasteiger partial charge in [0.05, 0.1) is 38.2 Å². The van der Waals surface area contributed by atoms with Crippen molar-refractivity contribution in [2.45, 2.75) is 110 Å². The number of hydrogen-bond donors (Lipinski definition) is 3. The average Bonchev–Trinajstić information content (AvgIpc) is 4.08. The summed E-state index contributed by atoms with van der Waals surface area (Å²) < 4.78 is 9.60. The van der Waals surface area contributed by atoms with Crippen molar-refractivity contribution in [2.75, 3.05) is 14.2 Å². The van der Waals surface area contributed by atoms with Crippen molar-refractivity contribution in [3.63, 3.8) is 0 Å². The van der Waals surface area contributed by atoms with E-state index >= 15 is 0 Å². The highest BCUT2D eigenvalue weighted by Gasteiger charge is 2.43. The molecule has 13 heteroatoms. The zero-order valence-corrected chi connectivity index (χ0v) is 35.8. The summed E-state index contributed by atoms with van der Waals surface area (Å²) in [5, 5.41) is 7.72. The predicted octanol–water partition coefficient (Wildman–Crippen LogP) is 8.28. The molecule has 3 aromatic carbocycles. The quantitative estimate of drug-likeness (QED) is 0.138. The second-order valence-electron chi connectivity index (χ2n) is 17.1. The van der Waals surface area contributed by atoms with Crippen molar-refractivity contribution in [3.05, 3.63) is 84.4 Å². The number of nitrogens with zero attached hydrogens (tertiary/aromatic N) is 4. The first-order valence-electron chi connectivity index (χ1n) is 21.1. The van der Waals surface area contributed by atoms with E-state index in [9.17, 15) is 19.2 Å². The fourth-order valence-corrected chi connectivity index (χ4v) is 8.97. The minimum absolute atomic E-state index is 0.00438. The lowest BCUT2D eigenvalue weighted by Crippen LogP contribution is -2.55. The smallest absolute Gasteiger partial charge is 0.407 e. The van der Waals surface area contributed by atoms with Crippen LogP contribution in [0.4, 0.5) is 9.59 Å². The number of carbonyl (C=O) groups excluding carboxylic acids is 4. The zero-order valence-electron chi connectivity index (χ0n) is 35.8. The number of aliphatic imine (C=N–C) groups is 1. The minimum Gasteiger partial charge on any atom is -0.453 e. The molecule has 0 aliphatic carbocycles. The first kappa shape index (κ1) is 42.2. The highest BCUT2D eigenvalue weighted by atomic mass is 16.5. The van der Waals surface area contributed by atoms with Crippen LogP contribution in [0, 0.1) is 11.8 Å². The largest absolute Gasteiger partial charge is 0.453 e. The first-order chi connectivity index (χ1) is 28.8. The summed E-state index contributed by atoms with van der Waals surface area (Å²) >= 11 is 0. The maximum absolute atomic E-state index is 13.8. The van der Waals surface area contributed by atoms with Crippen molar-refractivity contribution < 1.29 is 28.7 Å². The normalized spacial score (nSPS) is 21.2. The number of methoxy groups -OCH3 is 2. The molecule has 0 bridgehead atoms. The van der Waals surface area contributed by atoms with E-state index in [-0.39, 0.29) is 47.8 Å². The monoisotopic (exact) mass is 815 g/mol. The van der Waals surface area contributed by atoms with Gasteiger partial charge in [0.2, 0.25) is 11.8 Å². The van der Waals surface area contributed by atoms with Gasteiger partial charge in [-0.05, 0) is 102 Å². The maximum Gasteiger partial charge on any atom is 0.407 e. The lowest BCUT2D eigenvalue weighted by Gasteiger charge is -2.33. The van der Waals surface area contributed by atoms with Crippen LogP contribution >= 0.6 is 0 Å². The number of alkyl carbamates (subject to hydrolysis) is 2. The van der Waals surface area contributed by atoms with E-state index < -0.39 is 24.3 Å². The van der Waals surface area contributed by atoms with Crippen molar-refractivity contribution >= 4 is 46.1 Å². The van der Waals surface area contributed by atoms with Crippen molar-refractivity contribution in [1.82, 2.24) is 30.4 Å². The number of amides is 4. The number of nitrogens with one attached hydrogen (secondary N) is 3. The number of benzene rings is 3. The molecule has 6 atom stereocenters. The third-order valence-corrected chi connectivity index (χ3v) is 12.4. The van der Waals surface area contributed by atoms with Crippen molar-refractivity contribution in [2.24, 2.45) is 16.8 Å². The number of H-pyrrole nitrogens is 1. The third kappa shape index (κ3) is 8.53. The van der Waals surface area contributed by atoms with E-state index in [0.29, 0.717) is 6.42 Å². The van der Waals surface area contributed by atoms with Gasteiger partial charge >= 0.3 is 12.2 Å². The molecule has 0 unspecified atom stereocenters. The number of likely N-dealkylation sites (tertiary alicyclic amines) is 2. The summed E-state index contributed by atoms with van der Waals surface area (Å²) in [5.74, 6) is 0.280. The number of aromatic nitrogens is 2. The number of fused-ring (bicyclic) bond motifs is 1. The van der Waals surface area contributed by atoms with Gasteiger partial charge in [-0.25, -0.2) is 14.6 Å². The van der Waals surface area contributed by atoms with Crippen molar-refractivity contribution in [1.29, 1.82) is 0 Å². The summed E-state index contributed by atoms with van der Waals surface area (Å²) in [6, 6.07) is 19.7. The van der Waals surface area contributed by atoms with Gasteiger partial charge < -0.3 is 34.9 Å². The van der Waals surface area contributed by atoms with Crippen LogP contribution in [0.25, 0.3) is 38.7 Å². The maximum atomic E-state index is 13.8. The van der Waals surface area contributed by atoms with Crippen molar-refractivity contribution in [3.8, 4) is 22.4 Å². The molecule has 3 N–H and O–H groups in total. The highest BCUT2D eigenvalue weighted by molar-refractivity contribution is 6.04. The number of allylic oxidation sites excluding steroid dienone is 1. The van der Waals surface area contributed by atoms with E-state index in [2.05, 4.69) is 83.2 Å².